The standard InChI is InChI=1S/C17H16O4.C15H20O3/c1-20-13-10-15(19)17(16(11-13)21-2)14(18)9-8-12-6-4-3-5-7-12;1-9-5-4-8-15(3)13(18-15)12-11(7-6-9)10(2)14(16)17-12/h3-11,19H,1-2H3;5,11-13H,2,4,6-8H2,1,3H3. The fourth-order valence-corrected chi connectivity index (χ4v) is 5.13. The van der Waals surface area contributed by atoms with E-state index in [-0.39, 0.29) is 52.5 Å². The molecule has 5 rings (SSSR count). The summed E-state index contributed by atoms with van der Waals surface area (Å²) in [5.41, 5.74) is 2.93. The summed E-state index contributed by atoms with van der Waals surface area (Å²) in [6.45, 7) is 8.17. The van der Waals surface area contributed by atoms with Crippen molar-refractivity contribution in [1.29, 1.82) is 0 Å². The zero-order chi connectivity index (χ0) is 28.2. The van der Waals surface area contributed by atoms with E-state index in [1.807, 2.05) is 30.3 Å². The molecule has 2 heterocycles. The van der Waals surface area contributed by atoms with E-state index in [9.17, 15) is 14.7 Å². The maximum atomic E-state index is 12.3. The van der Waals surface area contributed by atoms with Crippen LogP contribution in [0.4, 0.5) is 0 Å². The zero-order valence-corrected chi connectivity index (χ0v) is 22.9. The van der Waals surface area contributed by atoms with Crippen molar-refractivity contribution in [3.8, 4) is 17.2 Å². The Labute approximate surface area is 229 Å². The van der Waals surface area contributed by atoms with Crippen molar-refractivity contribution in [1.82, 2.24) is 0 Å². The molecule has 1 aliphatic carbocycles. The first-order chi connectivity index (χ1) is 18.7. The van der Waals surface area contributed by atoms with Crippen LogP contribution in [0, 0.1) is 5.92 Å². The molecule has 4 unspecified atom stereocenters. The molecule has 7 heteroatoms. The smallest absolute Gasteiger partial charge is 0.334 e. The van der Waals surface area contributed by atoms with Crippen LogP contribution in [0.3, 0.4) is 0 Å². The lowest BCUT2D eigenvalue weighted by atomic mass is 9.84. The molecule has 0 spiro atoms. The lowest BCUT2D eigenvalue weighted by molar-refractivity contribution is -0.140. The number of methoxy groups -OCH3 is 2. The Bertz CT molecular complexity index is 1290. The number of hydrogen-bond acceptors (Lipinski definition) is 7. The quantitative estimate of drug-likeness (QED) is 0.164. The molecule has 39 heavy (non-hydrogen) atoms. The Morgan fingerprint density at radius 3 is 2.62 bits per heavy atom. The molecule has 2 aromatic rings. The summed E-state index contributed by atoms with van der Waals surface area (Å²) in [6, 6.07) is 12.4. The highest BCUT2D eigenvalue weighted by Crippen LogP contribution is 2.49. The number of benzene rings is 2. The van der Waals surface area contributed by atoms with Gasteiger partial charge in [0.2, 0.25) is 0 Å². The summed E-state index contributed by atoms with van der Waals surface area (Å²) in [7, 11) is 2.91. The summed E-state index contributed by atoms with van der Waals surface area (Å²) in [4.78, 5) is 23.9. The third-order valence-electron chi connectivity index (χ3n) is 7.56. The third kappa shape index (κ3) is 6.42. The second kappa shape index (κ2) is 11.9. The first-order valence-corrected chi connectivity index (χ1v) is 13.1. The Kier molecular flexibility index (Phi) is 8.60. The summed E-state index contributed by atoms with van der Waals surface area (Å²) in [6.07, 6.45) is 9.34. The van der Waals surface area contributed by atoms with Crippen LogP contribution >= 0.6 is 0 Å². The Hall–Kier alpha value is -3.84. The fourth-order valence-electron chi connectivity index (χ4n) is 5.13. The second-order valence-electron chi connectivity index (χ2n) is 10.3. The van der Waals surface area contributed by atoms with Crippen LogP contribution in [-0.4, -0.2) is 48.9 Å². The Morgan fingerprint density at radius 2 is 1.92 bits per heavy atom. The van der Waals surface area contributed by atoms with Crippen LogP contribution in [-0.2, 0) is 14.3 Å². The van der Waals surface area contributed by atoms with Gasteiger partial charge in [0.25, 0.3) is 0 Å². The van der Waals surface area contributed by atoms with E-state index in [1.165, 1.54) is 31.9 Å². The zero-order valence-electron chi connectivity index (χ0n) is 22.9. The summed E-state index contributed by atoms with van der Waals surface area (Å²) in [5, 5.41) is 9.99. The number of ketones is 1. The number of epoxide rings is 1. The van der Waals surface area contributed by atoms with Crippen molar-refractivity contribution in [3.05, 3.63) is 83.5 Å². The molecule has 0 radical (unpaired) electrons. The van der Waals surface area contributed by atoms with E-state index >= 15 is 0 Å². The van der Waals surface area contributed by atoms with E-state index in [2.05, 4.69) is 26.5 Å². The van der Waals surface area contributed by atoms with Gasteiger partial charge in [0.05, 0.1) is 19.8 Å². The molecule has 3 aliphatic rings. The van der Waals surface area contributed by atoms with Gasteiger partial charge in [0, 0.05) is 23.6 Å². The second-order valence-corrected chi connectivity index (χ2v) is 10.3. The average molecular weight is 533 g/mol. The fraction of sp³-hybridized carbons (Fsp3) is 0.375. The third-order valence-corrected chi connectivity index (χ3v) is 7.56. The number of esters is 1. The number of phenolic OH excluding ortho intramolecular Hbond substituents is 1. The number of aromatic hydroxyl groups is 1. The molecule has 1 N–H and O–H groups in total. The number of rotatable bonds is 5. The first kappa shape index (κ1) is 28.2. The van der Waals surface area contributed by atoms with E-state index < -0.39 is 0 Å². The van der Waals surface area contributed by atoms with Crippen molar-refractivity contribution in [2.24, 2.45) is 5.92 Å². The van der Waals surface area contributed by atoms with Gasteiger partial charge in [-0.1, -0.05) is 54.6 Å². The molecule has 7 nitrogen and oxygen atoms in total. The first-order valence-electron chi connectivity index (χ1n) is 13.1. The predicted octanol–water partition coefficient (Wildman–Crippen LogP) is 6.07. The molecule has 2 aliphatic heterocycles. The lowest BCUT2D eigenvalue weighted by Crippen LogP contribution is -2.28. The number of carbonyl (C=O) groups excluding carboxylic acids is 2. The van der Waals surface area contributed by atoms with E-state index in [4.69, 9.17) is 18.9 Å². The lowest BCUT2D eigenvalue weighted by Gasteiger charge is -2.19. The number of carbonyl (C=O) groups is 2. The highest BCUT2D eigenvalue weighted by Gasteiger charge is 2.61. The highest BCUT2D eigenvalue weighted by atomic mass is 16.6. The molecule has 206 valence electrons. The Balaban J connectivity index is 0.000000183. The van der Waals surface area contributed by atoms with Crippen molar-refractivity contribution < 1.29 is 33.6 Å². The number of fused-ring (bicyclic) bond motifs is 3. The SMILES string of the molecule is C=C1C(=O)OC2C1CCC(C)=CCCC1(C)OC21.COc1cc(O)c(C(=O)C=Cc2ccccc2)c(OC)c1. The van der Waals surface area contributed by atoms with E-state index in [0.29, 0.717) is 11.3 Å². The number of hydrogen-bond donors (Lipinski definition) is 1. The van der Waals surface area contributed by atoms with Gasteiger partial charge in [-0.2, -0.15) is 0 Å². The maximum absolute atomic E-state index is 12.3. The van der Waals surface area contributed by atoms with E-state index in [1.54, 1.807) is 12.1 Å². The molecule has 2 fully saturated rings. The van der Waals surface area contributed by atoms with Crippen molar-refractivity contribution in [2.75, 3.05) is 14.2 Å². The molecular formula is C32H36O7. The molecule has 0 aromatic heterocycles. The number of allylic oxidation sites excluding steroid dienone is 3. The van der Waals surface area contributed by atoms with Gasteiger partial charge in [-0.15, -0.1) is 0 Å². The monoisotopic (exact) mass is 532 g/mol. The van der Waals surface area contributed by atoms with Crippen molar-refractivity contribution in [3.63, 3.8) is 0 Å². The Morgan fingerprint density at radius 1 is 1.18 bits per heavy atom. The van der Waals surface area contributed by atoms with Crippen molar-refractivity contribution in [2.45, 2.75) is 57.3 Å². The minimum absolute atomic E-state index is 0.0671. The molecule has 4 atom stereocenters. The number of phenols is 1. The van der Waals surface area contributed by atoms with Gasteiger partial charge in [0.15, 0.2) is 5.78 Å². The van der Waals surface area contributed by atoms with Crippen LogP contribution in [0.25, 0.3) is 6.08 Å². The van der Waals surface area contributed by atoms with Crippen LogP contribution in [0.15, 0.2) is 72.3 Å². The minimum atomic E-state index is -0.337. The molecule has 2 aromatic carbocycles. The van der Waals surface area contributed by atoms with Gasteiger partial charge in [-0.25, -0.2) is 4.79 Å². The summed E-state index contributed by atoms with van der Waals surface area (Å²) >= 11 is 0. The largest absolute Gasteiger partial charge is 0.507 e. The van der Waals surface area contributed by atoms with Crippen LogP contribution in [0.5, 0.6) is 17.2 Å². The highest BCUT2D eigenvalue weighted by molar-refractivity contribution is 6.10. The molecule has 2 saturated heterocycles. The molecular weight excluding hydrogens is 496 g/mol. The molecule has 0 saturated carbocycles. The topological polar surface area (TPSA) is 94.6 Å². The van der Waals surface area contributed by atoms with Crippen LogP contribution in [0.2, 0.25) is 0 Å². The van der Waals surface area contributed by atoms with Gasteiger partial charge >= 0.3 is 5.97 Å². The van der Waals surface area contributed by atoms with Gasteiger partial charge < -0.3 is 24.1 Å². The average Bonchev–Trinajstić information content (AvgIpc) is 3.52. The predicted molar refractivity (Wildman–Crippen MR) is 149 cm³/mol. The van der Waals surface area contributed by atoms with Gasteiger partial charge in [-0.05, 0) is 51.2 Å². The number of ether oxygens (including phenoxy) is 4. The van der Waals surface area contributed by atoms with Crippen LogP contribution < -0.4 is 9.47 Å². The maximum Gasteiger partial charge on any atom is 0.334 e. The summed E-state index contributed by atoms with van der Waals surface area (Å²) < 4.78 is 21.5. The summed E-state index contributed by atoms with van der Waals surface area (Å²) in [5.74, 6) is 0.0850. The van der Waals surface area contributed by atoms with Crippen LogP contribution in [0.1, 0.15) is 55.5 Å². The molecule has 0 amide bonds. The molecule has 0 bridgehead atoms. The van der Waals surface area contributed by atoms with Gasteiger partial charge in [0.1, 0.15) is 35.0 Å². The van der Waals surface area contributed by atoms with Crippen molar-refractivity contribution >= 4 is 17.8 Å². The van der Waals surface area contributed by atoms with Gasteiger partial charge in [-0.3, -0.25) is 4.79 Å². The normalized spacial score (nSPS) is 25.8. The minimum Gasteiger partial charge on any atom is -0.507 e. The van der Waals surface area contributed by atoms with E-state index in [0.717, 1.165) is 31.2 Å².